The maximum atomic E-state index is 11.3. The second-order valence-electron chi connectivity index (χ2n) is 5.76. The van der Waals surface area contributed by atoms with Gasteiger partial charge in [-0.1, -0.05) is 13.3 Å². The molecule has 0 heterocycles. The molecule has 0 saturated heterocycles. The first-order valence-corrected chi connectivity index (χ1v) is 7.48. The summed E-state index contributed by atoms with van der Waals surface area (Å²) in [6, 6.07) is 0. The predicted octanol–water partition coefficient (Wildman–Crippen LogP) is 2.69. The number of carboxylic acid groups (broad SMARTS) is 1. The third kappa shape index (κ3) is 5.11. The molecule has 19 heavy (non-hydrogen) atoms. The van der Waals surface area contributed by atoms with Crippen molar-refractivity contribution < 1.29 is 19.7 Å². The predicted molar refractivity (Wildman–Crippen MR) is 74.0 cm³/mol. The van der Waals surface area contributed by atoms with Crippen molar-refractivity contribution in [2.24, 2.45) is 17.8 Å². The summed E-state index contributed by atoms with van der Waals surface area (Å²) in [5, 5.41) is 18.5. The highest BCUT2D eigenvalue weighted by Crippen LogP contribution is 2.38. The Labute approximate surface area is 116 Å². The average Bonchev–Trinajstić information content (AvgIpc) is 2.40. The van der Waals surface area contributed by atoms with Crippen molar-refractivity contribution in [2.45, 2.75) is 58.0 Å². The highest BCUT2D eigenvalue weighted by Gasteiger charge is 2.33. The Hall–Kier alpha value is -0.610. The van der Waals surface area contributed by atoms with Crippen LogP contribution < -0.4 is 0 Å². The Kier molecular flexibility index (Phi) is 7.39. The topological polar surface area (TPSA) is 66.8 Å². The van der Waals surface area contributed by atoms with Gasteiger partial charge in [-0.25, -0.2) is 0 Å². The van der Waals surface area contributed by atoms with Crippen molar-refractivity contribution in [1.29, 1.82) is 0 Å². The van der Waals surface area contributed by atoms with E-state index in [1.165, 1.54) is 0 Å². The third-order valence-electron chi connectivity index (χ3n) is 4.50. The lowest BCUT2D eigenvalue weighted by Crippen LogP contribution is -2.32. The summed E-state index contributed by atoms with van der Waals surface area (Å²) < 4.78 is 5.42. The Morgan fingerprint density at radius 3 is 2.63 bits per heavy atom. The SMILES string of the molecule is CCCC(CC1CCC(OC)CC1CCO)C(=O)O. The molecule has 1 saturated carbocycles. The molecule has 0 aromatic rings. The summed E-state index contributed by atoms with van der Waals surface area (Å²) in [6.07, 6.45) is 6.47. The summed E-state index contributed by atoms with van der Waals surface area (Å²) in [5.41, 5.74) is 0. The highest BCUT2D eigenvalue weighted by atomic mass is 16.5. The fourth-order valence-corrected chi connectivity index (χ4v) is 3.38. The van der Waals surface area contributed by atoms with E-state index >= 15 is 0 Å². The smallest absolute Gasteiger partial charge is 0.306 e. The fraction of sp³-hybridized carbons (Fsp3) is 0.933. The van der Waals surface area contributed by atoms with Crippen LogP contribution in [-0.4, -0.2) is 36.0 Å². The lowest BCUT2D eigenvalue weighted by molar-refractivity contribution is -0.143. The van der Waals surface area contributed by atoms with Gasteiger partial charge in [-0.2, -0.15) is 0 Å². The largest absolute Gasteiger partial charge is 0.481 e. The van der Waals surface area contributed by atoms with Crippen molar-refractivity contribution in [3.8, 4) is 0 Å². The molecule has 1 aliphatic rings. The van der Waals surface area contributed by atoms with Gasteiger partial charge in [0.1, 0.15) is 0 Å². The van der Waals surface area contributed by atoms with Crippen LogP contribution in [0.2, 0.25) is 0 Å². The zero-order chi connectivity index (χ0) is 14.3. The van der Waals surface area contributed by atoms with Gasteiger partial charge in [0.25, 0.3) is 0 Å². The standard InChI is InChI=1S/C15H28O4/c1-3-4-13(15(17)18)9-11-5-6-14(19-2)10-12(11)7-8-16/h11-14,16H,3-10H2,1-2H3,(H,17,18). The maximum Gasteiger partial charge on any atom is 0.306 e. The monoisotopic (exact) mass is 272 g/mol. The zero-order valence-corrected chi connectivity index (χ0v) is 12.2. The van der Waals surface area contributed by atoms with E-state index < -0.39 is 5.97 Å². The molecule has 0 aliphatic heterocycles. The van der Waals surface area contributed by atoms with Crippen LogP contribution in [0.5, 0.6) is 0 Å². The molecule has 0 aromatic carbocycles. The maximum absolute atomic E-state index is 11.3. The summed E-state index contributed by atoms with van der Waals surface area (Å²) in [5.74, 6) is -0.0673. The van der Waals surface area contributed by atoms with Crippen LogP contribution in [0.15, 0.2) is 0 Å². The van der Waals surface area contributed by atoms with Crippen molar-refractivity contribution in [3.05, 3.63) is 0 Å². The second kappa shape index (κ2) is 8.54. The van der Waals surface area contributed by atoms with E-state index in [4.69, 9.17) is 4.74 Å². The van der Waals surface area contributed by atoms with Gasteiger partial charge in [-0.15, -0.1) is 0 Å². The first-order chi connectivity index (χ1) is 9.12. The summed E-state index contributed by atoms with van der Waals surface area (Å²) in [4.78, 5) is 11.3. The quantitative estimate of drug-likeness (QED) is 0.713. The van der Waals surface area contributed by atoms with Gasteiger partial charge in [0.15, 0.2) is 0 Å². The number of carboxylic acids is 1. The summed E-state index contributed by atoms with van der Waals surface area (Å²) in [6.45, 7) is 2.21. The molecule has 1 rings (SSSR count). The minimum atomic E-state index is -0.668. The first-order valence-electron chi connectivity index (χ1n) is 7.48. The average molecular weight is 272 g/mol. The molecule has 112 valence electrons. The highest BCUT2D eigenvalue weighted by molar-refractivity contribution is 5.69. The number of hydrogen-bond acceptors (Lipinski definition) is 3. The molecule has 1 fully saturated rings. The van der Waals surface area contributed by atoms with Gasteiger partial charge in [-0.05, 0) is 50.4 Å². The number of rotatable bonds is 8. The molecular weight excluding hydrogens is 244 g/mol. The van der Waals surface area contributed by atoms with E-state index in [0.29, 0.717) is 11.8 Å². The Bertz CT molecular complexity index is 267. The van der Waals surface area contributed by atoms with Gasteiger partial charge in [-0.3, -0.25) is 4.79 Å². The number of carbonyl (C=O) groups is 1. The molecular formula is C15H28O4. The fourth-order valence-electron chi connectivity index (χ4n) is 3.38. The third-order valence-corrected chi connectivity index (χ3v) is 4.50. The van der Waals surface area contributed by atoms with E-state index in [9.17, 15) is 15.0 Å². The minimum Gasteiger partial charge on any atom is -0.481 e. The molecule has 4 atom stereocenters. The molecule has 4 nitrogen and oxygen atoms in total. The molecule has 0 radical (unpaired) electrons. The van der Waals surface area contributed by atoms with Crippen molar-refractivity contribution in [2.75, 3.05) is 13.7 Å². The minimum absolute atomic E-state index is 0.184. The zero-order valence-electron chi connectivity index (χ0n) is 12.2. The number of aliphatic hydroxyl groups excluding tert-OH is 1. The van der Waals surface area contributed by atoms with Crippen molar-refractivity contribution >= 4 is 5.97 Å². The molecule has 1 aliphatic carbocycles. The lowest BCUT2D eigenvalue weighted by Gasteiger charge is -2.36. The molecule has 0 amide bonds. The molecule has 0 bridgehead atoms. The Morgan fingerprint density at radius 2 is 2.11 bits per heavy atom. The molecule has 4 unspecified atom stereocenters. The summed E-state index contributed by atoms with van der Waals surface area (Å²) in [7, 11) is 1.73. The second-order valence-corrected chi connectivity index (χ2v) is 5.76. The van der Waals surface area contributed by atoms with Crippen LogP contribution >= 0.6 is 0 Å². The Balaban J connectivity index is 2.60. The van der Waals surface area contributed by atoms with Crippen LogP contribution in [-0.2, 0) is 9.53 Å². The van der Waals surface area contributed by atoms with Crippen LogP contribution in [0.4, 0.5) is 0 Å². The van der Waals surface area contributed by atoms with E-state index in [1.807, 2.05) is 6.92 Å². The molecule has 0 spiro atoms. The van der Waals surface area contributed by atoms with E-state index in [2.05, 4.69) is 0 Å². The normalized spacial score (nSPS) is 29.1. The van der Waals surface area contributed by atoms with Crippen LogP contribution in [0.3, 0.4) is 0 Å². The Morgan fingerprint density at radius 1 is 1.37 bits per heavy atom. The van der Waals surface area contributed by atoms with Crippen molar-refractivity contribution in [1.82, 2.24) is 0 Å². The number of aliphatic carboxylic acids is 1. The van der Waals surface area contributed by atoms with Gasteiger partial charge in [0.05, 0.1) is 12.0 Å². The van der Waals surface area contributed by atoms with E-state index in [0.717, 1.165) is 44.9 Å². The number of hydrogen-bond donors (Lipinski definition) is 2. The van der Waals surface area contributed by atoms with Gasteiger partial charge >= 0.3 is 5.97 Å². The van der Waals surface area contributed by atoms with Gasteiger partial charge in [0, 0.05) is 13.7 Å². The first kappa shape index (κ1) is 16.4. The lowest BCUT2D eigenvalue weighted by atomic mass is 9.72. The molecule has 4 heteroatoms. The van der Waals surface area contributed by atoms with Crippen molar-refractivity contribution in [3.63, 3.8) is 0 Å². The molecule has 0 aromatic heterocycles. The van der Waals surface area contributed by atoms with E-state index in [1.54, 1.807) is 7.11 Å². The number of ether oxygens (including phenoxy) is 1. The van der Waals surface area contributed by atoms with Crippen LogP contribution in [0, 0.1) is 17.8 Å². The van der Waals surface area contributed by atoms with Gasteiger partial charge in [0.2, 0.25) is 0 Å². The van der Waals surface area contributed by atoms with E-state index in [-0.39, 0.29) is 18.6 Å². The van der Waals surface area contributed by atoms with Crippen LogP contribution in [0.1, 0.15) is 51.9 Å². The van der Waals surface area contributed by atoms with Gasteiger partial charge < -0.3 is 14.9 Å². The molecule has 2 N–H and O–H groups in total. The summed E-state index contributed by atoms with van der Waals surface area (Å²) >= 11 is 0. The number of methoxy groups -OCH3 is 1. The number of aliphatic hydroxyl groups is 1. The van der Waals surface area contributed by atoms with Crippen LogP contribution in [0.25, 0.3) is 0 Å².